The van der Waals surface area contributed by atoms with E-state index in [0.717, 1.165) is 16.5 Å². The van der Waals surface area contributed by atoms with E-state index in [1.807, 2.05) is 26.0 Å². The molecule has 0 aliphatic heterocycles. The van der Waals surface area contributed by atoms with Crippen molar-refractivity contribution in [2.24, 2.45) is 0 Å². The van der Waals surface area contributed by atoms with Crippen LogP contribution in [0, 0.1) is 13.8 Å². The maximum absolute atomic E-state index is 12.7. The molecule has 0 saturated heterocycles. The Hall–Kier alpha value is -3.08. The van der Waals surface area contributed by atoms with Gasteiger partial charge in [-0.3, -0.25) is 8.74 Å². The third-order valence-corrected chi connectivity index (χ3v) is 8.16. The molecule has 4 aromatic carbocycles. The predicted molar refractivity (Wildman–Crippen MR) is 138 cm³/mol. The van der Waals surface area contributed by atoms with E-state index in [9.17, 15) is 21.4 Å². The van der Waals surface area contributed by atoms with Gasteiger partial charge in [0.15, 0.2) is 0 Å². The van der Waals surface area contributed by atoms with Crippen LogP contribution in [-0.2, 0) is 29.2 Å². The van der Waals surface area contributed by atoms with Crippen LogP contribution in [0.25, 0.3) is 21.9 Å². The topological polar surface area (TPSA) is 107 Å². The Morgan fingerprint density at radius 3 is 1.97 bits per heavy atom. The lowest BCUT2D eigenvalue weighted by molar-refractivity contribution is 0.0599. The molecule has 0 spiro atoms. The van der Waals surface area contributed by atoms with Crippen LogP contribution < -0.4 is 0 Å². The van der Waals surface area contributed by atoms with Crippen molar-refractivity contribution in [3.63, 3.8) is 0 Å². The van der Waals surface area contributed by atoms with Crippen molar-refractivity contribution in [2.75, 3.05) is 13.7 Å². The second-order valence-corrected chi connectivity index (χ2v) is 11.5. The summed E-state index contributed by atoms with van der Waals surface area (Å²) >= 11 is 0. The van der Waals surface area contributed by atoms with E-state index in [4.69, 9.17) is 8.92 Å². The lowest BCUT2D eigenvalue weighted by Crippen LogP contribution is -2.15. The van der Waals surface area contributed by atoms with Gasteiger partial charge in [0.1, 0.15) is 11.0 Å². The van der Waals surface area contributed by atoms with Crippen LogP contribution in [-0.4, -0.2) is 35.1 Å². The van der Waals surface area contributed by atoms with Crippen molar-refractivity contribution in [1.29, 1.82) is 0 Å². The standard InChI is InChI=1S/C27H26O7S2/c1-18-4-8-21(9-5-18)27-24-16-22(11-10-20(24)12-15-26(27)35(28,29)30)25(33-3)17-34-36(31,32)23-13-6-19(2)7-14-23/h4-16,25H,17H2,1-3H3,(H,28,29,30). The van der Waals surface area contributed by atoms with Gasteiger partial charge in [0, 0.05) is 12.7 Å². The minimum atomic E-state index is -4.52. The van der Waals surface area contributed by atoms with Crippen molar-refractivity contribution in [3.8, 4) is 11.1 Å². The molecule has 4 rings (SSSR count). The molecule has 0 saturated carbocycles. The molecule has 1 N–H and O–H groups in total. The van der Waals surface area contributed by atoms with Crippen molar-refractivity contribution in [3.05, 3.63) is 95.6 Å². The Kier molecular flexibility index (Phi) is 7.31. The Labute approximate surface area is 211 Å². The van der Waals surface area contributed by atoms with Crippen molar-refractivity contribution < 1.29 is 30.3 Å². The summed E-state index contributed by atoms with van der Waals surface area (Å²) in [7, 11) is -7.09. The average molecular weight is 527 g/mol. The van der Waals surface area contributed by atoms with Crippen molar-refractivity contribution in [1.82, 2.24) is 0 Å². The van der Waals surface area contributed by atoms with Crippen LogP contribution in [0.5, 0.6) is 0 Å². The van der Waals surface area contributed by atoms with Gasteiger partial charge in [-0.15, -0.1) is 0 Å². The van der Waals surface area contributed by atoms with Gasteiger partial charge in [0.05, 0.1) is 11.5 Å². The van der Waals surface area contributed by atoms with Gasteiger partial charge >= 0.3 is 0 Å². The average Bonchev–Trinajstić information content (AvgIpc) is 2.84. The quantitative estimate of drug-likeness (QED) is 0.240. The number of rotatable bonds is 8. The number of hydrogen-bond acceptors (Lipinski definition) is 6. The molecule has 1 unspecified atom stereocenters. The molecule has 0 aromatic heterocycles. The maximum Gasteiger partial charge on any atom is 0.297 e. The van der Waals surface area contributed by atoms with Gasteiger partial charge in [-0.2, -0.15) is 16.8 Å². The molecular formula is C27H26O7S2. The smallest absolute Gasteiger partial charge is 0.297 e. The van der Waals surface area contributed by atoms with Crippen LogP contribution in [0.3, 0.4) is 0 Å². The van der Waals surface area contributed by atoms with E-state index >= 15 is 0 Å². The van der Waals surface area contributed by atoms with Gasteiger partial charge in [0.25, 0.3) is 20.2 Å². The highest BCUT2D eigenvalue weighted by molar-refractivity contribution is 7.86. The summed E-state index contributed by atoms with van der Waals surface area (Å²) in [6.07, 6.45) is -0.755. The summed E-state index contributed by atoms with van der Waals surface area (Å²) in [6, 6.07) is 21.9. The van der Waals surface area contributed by atoms with Gasteiger partial charge in [-0.05, 0) is 60.0 Å². The highest BCUT2D eigenvalue weighted by Crippen LogP contribution is 2.37. The van der Waals surface area contributed by atoms with E-state index in [-0.39, 0.29) is 16.4 Å². The first kappa shape index (κ1) is 26.0. The number of hydrogen-bond donors (Lipinski definition) is 1. The fourth-order valence-corrected chi connectivity index (χ4v) is 5.61. The second-order valence-electron chi connectivity index (χ2n) is 8.54. The molecule has 0 bridgehead atoms. The van der Waals surface area contributed by atoms with Crippen LogP contribution in [0.2, 0.25) is 0 Å². The van der Waals surface area contributed by atoms with Gasteiger partial charge in [-0.1, -0.05) is 65.7 Å². The molecule has 1 atom stereocenters. The summed E-state index contributed by atoms with van der Waals surface area (Å²) in [5, 5.41) is 1.31. The lowest BCUT2D eigenvalue weighted by Gasteiger charge is -2.18. The molecule has 0 amide bonds. The normalized spacial score (nSPS) is 13.1. The predicted octanol–water partition coefficient (Wildman–Crippen LogP) is 5.46. The molecule has 0 aliphatic carbocycles. The third kappa shape index (κ3) is 5.50. The van der Waals surface area contributed by atoms with Crippen molar-refractivity contribution >= 4 is 31.0 Å². The van der Waals surface area contributed by atoms with Crippen LogP contribution in [0.1, 0.15) is 22.8 Å². The Morgan fingerprint density at radius 1 is 0.806 bits per heavy atom. The SMILES string of the molecule is COC(COS(=O)(=O)c1ccc(C)cc1)c1ccc2ccc(S(=O)(=O)O)c(-c3ccc(C)cc3)c2c1. The molecule has 0 fully saturated rings. The fourth-order valence-electron chi connectivity index (χ4n) is 3.98. The molecule has 36 heavy (non-hydrogen) atoms. The van der Waals surface area contributed by atoms with Gasteiger partial charge in [0.2, 0.25) is 0 Å². The molecular weight excluding hydrogens is 500 g/mol. The van der Waals surface area contributed by atoms with Gasteiger partial charge in [-0.25, -0.2) is 0 Å². The molecule has 4 aromatic rings. The summed E-state index contributed by atoms with van der Waals surface area (Å²) in [5.41, 5.74) is 3.47. The number of methoxy groups -OCH3 is 1. The molecule has 9 heteroatoms. The first-order valence-electron chi connectivity index (χ1n) is 11.1. The number of fused-ring (bicyclic) bond motifs is 1. The number of aryl methyl sites for hydroxylation is 2. The molecule has 0 heterocycles. The van der Waals surface area contributed by atoms with Crippen molar-refractivity contribution in [2.45, 2.75) is 29.7 Å². The fraction of sp³-hybridized carbons (Fsp3) is 0.185. The zero-order valence-corrected chi connectivity index (χ0v) is 21.6. The lowest BCUT2D eigenvalue weighted by atomic mass is 9.95. The Morgan fingerprint density at radius 2 is 1.39 bits per heavy atom. The minimum absolute atomic E-state index is 0.0425. The largest absolute Gasteiger partial charge is 0.374 e. The van der Waals surface area contributed by atoms with Gasteiger partial charge < -0.3 is 4.74 Å². The summed E-state index contributed by atoms with van der Waals surface area (Å²) < 4.78 is 70.5. The highest BCUT2D eigenvalue weighted by atomic mass is 32.2. The zero-order chi connectivity index (χ0) is 26.1. The first-order chi connectivity index (χ1) is 17.0. The number of ether oxygens (including phenoxy) is 1. The van der Waals surface area contributed by atoms with Crippen LogP contribution in [0.15, 0.2) is 88.7 Å². The van der Waals surface area contributed by atoms with Crippen LogP contribution >= 0.6 is 0 Å². The van der Waals surface area contributed by atoms with E-state index in [1.54, 1.807) is 48.5 Å². The minimum Gasteiger partial charge on any atom is -0.374 e. The Balaban J connectivity index is 1.76. The molecule has 0 aliphatic rings. The van der Waals surface area contributed by atoms with E-state index in [2.05, 4.69) is 0 Å². The first-order valence-corrected chi connectivity index (χ1v) is 13.9. The highest BCUT2D eigenvalue weighted by Gasteiger charge is 2.23. The molecule has 188 valence electrons. The zero-order valence-electron chi connectivity index (χ0n) is 20.0. The number of benzene rings is 4. The Bertz CT molecular complexity index is 1610. The van der Waals surface area contributed by atoms with E-state index < -0.39 is 26.3 Å². The van der Waals surface area contributed by atoms with E-state index in [1.165, 1.54) is 25.3 Å². The molecule has 0 radical (unpaired) electrons. The summed E-state index contributed by atoms with van der Waals surface area (Å²) in [5.74, 6) is 0. The summed E-state index contributed by atoms with van der Waals surface area (Å²) in [6.45, 7) is 3.49. The van der Waals surface area contributed by atoms with Crippen LogP contribution in [0.4, 0.5) is 0 Å². The third-order valence-electron chi connectivity index (χ3n) is 5.97. The maximum atomic E-state index is 12.7. The van der Waals surface area contributed by atoms with E-state index in [0.29, 0.717) is 22.1 Å². The summed E-state index contributed by atoms with van der Waals surface area (Å²) in [4.78, 5) is -0.177. The molecule has 7 nitrogen and oxygen atoms in total. The second kappa shape index (κ2) is 10.1. The monoisotopic (exact) mass is 526 g/mol.